The smallest absolute Gasteiger partial charge is 0.335 e. The Morgan fingerprint density at radius 2 is 2.00 bits per heavy atom. The van der Waals surface area contributed by atoms with Gasteiger partial charge in [-0.25, -0.2) is 4.79 Å². The van der Waals surface area contributed by atoms with Crippen molar-refractivity contribution in [3.63, 3.8) is 0 Å². The highest BCUT2D eigenvalue weighted by molar-refractivity contribution is 5.90. The highest BCUT2D eigenvalue weighted by Gasteiger charge is 2.26. The number of ether oxygens (including phenoxy) is 1. The van der Waals surface area contributed by atoms with Crippen LogP contribution in [0.4, 0.5) is 0 Å². The van der Waals surface area contributed by atoms with Crippen LogP contribution in [-0.2, 0) is 9.53 Å². The van der Waals surface area contributed by atoms with Crippen LogP contribution >= 0.6 is 0 Å². The van der Waals surface area contributed by atoms with Crippen molar-refractivity contribution in [2.45, 2.75) is 19.3 Å². The van der Waals surface area contributed by atoms with Gasteiger partial charge in [0.2, 0.25) is 0 Å². The van der Waals surface area contributed by atoms with Crippen molar-refractivity contribution in [3.05, 3.63) is 11.1 Å². The number of rotatable bonds is 2. The van der Waals surface area contributed by atoms with E-state index in [0.717, 1.165) is 44.5 Å². The molecule has 0 aromatic carbocycles. The molecule has 4 heteroatoms. The third-order valence-corrected chi connectivity index (χ3v) is 3.52. The fourth-order valence-corrected chi connectivity index (χ4v) is 2.65. The lowest BCUT2D eigenvalue weighted by atomic mass is 9.83. The second kappa shape index (κ2) is 5.46. The van der Waals surface area contributed by atoms with Gasteiger partial charge in [-0.05, 0) is 44.8 Å². The number of nitrogens with one attached hydrogen (secondary N) is 2. The normalized spacial score (nSPS) is 23.3. The lowest BCUT2D eigenvalue weighted by Gasteiger charge is -2.30. The number of hydrogen-bond donors (Lipinski definition) is 2. The van der Waals surface area contributed by atoms with Crippen LogP contribution in [0.25, 0.3) is 0 Å². The van der Waals surface area contributed by atoms with Crippen molar-refractivity contribution in [3.8, 4) is 0 Å². The summed E-state index contributed by atoms with van der Waals surface area (Å²) in [5.41, 5.74) is 2.22. The molecule has 2 rings (SSSR count). The summed E-state index contributed by atoms with van der Waals surface area (Å²) in [6.07, 6.45) is 3.29. The molecule has 4 nitrogen and oxygen atoms in total. The van der Waals surface area contributed by atoms with Gasteiger partial charge in [-0.2, -0.15) is 0 Å². The molecule has 0 unspecified atom stereocenters. The molecule has 0 radical (unpaired) electrons. The molecule has 90 valence electrons. The Labute approximate surface area is 96.4 Å². The SMILES string of the molecule is COC(=O)C1=C(C2CCNCC2)CCNC1. The Kier molecular flexibility index (Phi) is 3.96. The molecule has 0 aromatic heterocycles. The Morgan fingerprint density at radius 3 is 2.69 bits per heavy atom. The molecule has 0 aromatic rings. The summed E-state index contributed by atoms with van der Waals surface area (Å²) in [4.78, 5) is 11.7. The summed E-state index contributed by atoms with van der Waals surface area (Å²) in [6.45, 7) is 3.79. The van der Waals surface area contributed by atoms with Crippen LogP contribution in [-0.4, -0.2) is 39.3 Å². The fraction of sp³-hybridized carbons (Fsp3) is 0.750. The van der Waals surface area contributed by atoms with Crippen molar-refractivity contribution in [2.75, 3.05) is 33.3 Å². The Hall–Kier alpha value is -0.870. The van der Waals surface area contributed by atoms with Crippen molar-refractivity contribution in [1.29, 1.82) is 0 Å². The second-order valence-corrected chi connectivity index (χ2v) is 4.45. The molecule has 2 aliphatic rings. The minimum absolute atomic E-state index is 0.152. The van der Waals surface area contributed by atoms with Crippen molar-refractivity contribution < 1.29 is 9.53 Å². The first-order chi connectivity index (χ1) is 7.83. The number of esters is 1. The van der Waals surface area contributed by atoms with Gasteiger partial charge in [0.05, 0.1) is 12.7 Å². The summed E-state index contributed by atoms with van der Waals surface area (Å²) >= 11 is 0. The predicted molar refractivity (Wildman–Crippen MR) is 62.1 cm³/mol. The van der Waals surface area contributed by atoms with E-state index >= 15 is 0 Å². The standard InChI is InChI=1S/C12H20N2O2/c1-16-12(15)11-8-14-7-4-10(11)9-2-5-13-6-3-9/h9,13-14H,2-8H2,1H3. The van der Waals surface area contributed by atoms with Gasteiger partial charge in [0.1, 0.15) is 0 Å². The largest absolute Gasteiger partial charge is 0.466 e. The first-order valence-electron chi connectivity index (χ1n) is 6.04. The molecule has 16 heavy (non-hydrogen) atoms. The average Bonchev–Trinajstić information content (AvgIpc) is 2.39. The van der Waals surface area contributed by atoms with Crippen LogP contribution in [0.1, 0.15) is 19.3 Å². The van der Waals surface area contributed by atoms with Crippen molar-refractivity contribution >= 4 is 5.97 Å². The van der Waals surface area contributed by atoms with Gasteiger partial charge in [-0.3, -0.25) is 0 Å². The maximum absolute atomic E-state index is 11.7. The van der Waals surface area contributed by atoms with Gasteiger partial charge < -0.3 is 15.4 Å². The molecule has 0 atom stereocenters. The fourth-order valence-electron chi connectivity index (χ4n) is 2.65. The van der Waals surface area contributed by atoms with Crippen molar-refractivity contribution in [2.24, 2.45) is 5.92 Å². The zero-order valence-electron chi connectivity index (χ0n) is 9.84. The van der Waals surface area contributed by atoms with Crippen LogP contribution in [0, 0.1) is 5.92 Å². The molecule has 0 amide bonds. The summed E-state index contributed by atoms with van der Waals surface area (Å²) < 4.78 is 4.86. The molecule has 2 N–H and O–H groups in total. The summed E-state index contributed by atoms with van der Waals surface area (Å²) in [5, 5.41) is 6.60. The molecule has 0 saturated carbocycles. The van der Waals surface area contributed by atoms with Gasteiger partial charge in [-0.15, -0.1) is 0 Å². The van der Waals surface area contributed by atoms with Gasteiger partial charge in [-0.1, -0.05) is 5.57 Å². The van der Waals surface area contributed by atoms with E-state index in [9.17, 15) is 4.79 Å². The lowest BCUT2D eigenvalue weighted by molar-refractivity contribution is -0.136. The minimum atomic E-state index is -0.152. The molecule has 2 aliphatic heterocycles. The van der Waals surface area contributed by atoms with Gasteiger partial charge in [0.15, 0.2) is 0 Å². The van der Waals surface area contributed by atoms with E-state index in [-0.39, 0.29) is 5.97 Å². The molecule has 1 saturated heterocycles. The van der Waals surface area contributed by atoms with Crippen LogP contribution in [0.5, 0.6) is 0 Å². The van der Waals surface area contributed by atoms with Crippen LogP contribution in [0.3, 0.4) is 0 Å². The average molecular weight is 224 g/mol. The lowest BCUT2D eigenvalue weighted by Crippen LogP contribution is -2.35. The maximum atomic E-state index is 11.7. The van der Waals surface area contributed by atoms with Gasteiger partial charge >= 0.3 is 5.97 Å². The van der Waals surface area contributed by atoms with Gasteiger partial charge in [0, 0.05) is 6.54 Å². The quantitative estimate of drug-likeness (QED) is 0.669. The molecular formula is C12H20N2O2. The number of carbonyl (C=O) groups is 1. The number of methoxy groups -OCH3 is 1. The van der Waals surface area contributed by atoms with E-state index < -0.39 is 0 Å². The Bertz CT molecular complexity index is 293. The predicted octanol–water partition coefficient (Wildman–Crippen LogP) is 0.449. The van der Waals surface area contributed by atoms with E-state index in [0.29, 0.717) is 12.5 Å². The maximum Gasteiger partial charge on any atom is 0.335 e. The first kappa shape index (κ1) is 11.6. The van der Waals surface area contributed by atoms with E-state index in [2.05, 4.69) is 10.6 Å². The second-order valence-electron chi connectivity index (χ2n) is 4.45. The molecular weight excluding hydrogens is 204 g/mol. The summed E-state index contributed by atoms with van der Waals surface area (Å²) in [5.74, 6) is 0.429. The monoisotopic (exact) mass is 224 g/mol. The number of hydrogen-bond acceptors (Lipinski definition) is 4. The third-order valence-electron chi connectivity index (χ3n) is 3.52. The third kappa shape index (κ3) is 2.44. The van der Waals surface area contributed by atoms with Crippen molar-refractivity contribution in [1.82, 2.24) is 10.6 Å². The Balaban J connectivity index is 2.17. The van der Waals surface area contributed by atoms with E-state index in [4.69, 9.17) is 4.74 Å². The number of piperidine rings is 1. The zero-order valence-corrected chi connectivity index (χ0v) is 9.84. The topological polar surface area (TPSA) is 50.4 Å². The molecule has 0 aliphatic carbocycles. The highest BCUT2D eigenvalue weighted by Crippen LogP contribution is 2.28. The highest BCUT2D eigenvalue weighted by atomic mass is 16.5. The first-order valence-corrected chi connectivity index (χ1v) is 6.04. The van der Waals surface area contributed by atoms with Gasteiger partial charge in [0.25, 0.3) is 0 Å². The number of carbonyl (C=O) groups excluding carboxylic acids is 1. The zero-order chi connectivity index (χ0) is 11.4. The van der Waals surface area contributed by atoms with Crippen LogP contribution < -0.4 is 10.6 Å². The van der Waals surface area contributed by atoms with E-state index in [1.54, 1.807) is 0 Å². The summed E-state index contributed by atoms with van der Waals surface area (Å²) in [6, 6.07) is 0. The molecule has 0 spiro atoms. The Morgan fingerprint density at radius 1 is 1.25 bits per heavy atom. The molecule has 0 bridgehead atoms. The summed E-state index contributed by atoms with van der Waals surface area (Å²) in [7, 11) is 1.46. The van der Waals surface area contributed by atoms with Crippen LogP contribution in [0.2, 0.25) is 0 Å². The van der Waals surface area contributed by atoms with Crippen LogP contribution in [0.15, 0.2) is 11.1 Å². The van der Waals surface area contributed by atoms with E-state index in [1.165, 1.54) is 12.7 Å². The molecule has 1 fully saturated rings. The molecule has 2 heterocycles. The van der Waals surface area contributed by atoms with E-state index in [1.807, 2.05) is 0 Å². The minimum Gasteiger partial charge on any atom is -0.466 e.